The molecule has 0 aromatic carbocycles. The molecule has 0 amide bonds. The molecule has 1 aliphatic heterocycles. The minimum Gasteiger partial charge on any atom is -0.357 e. The van der Waals surface area contributed by atoms with Crippen molar-refractivity contribution in [3.63, 3.8) is 0 Å². The second kappa shape index (κ2) is 11.9. The highest BCUT2D eigenvalue weighted by molar-refractivity contribution is 14.0. The Bertz CT molecular complexity index is 583. The van der Waals surface area contributed by atoms with Crippen LogP contribution in [0.25, 0.3) is 0 Å². The SMILES string of the molecule is CCNC(=NCC1CCCCN1CC)N(C)Cc1cn(C)nc1C(C)C.I. The molecule has 1 aromatic heterocycles. The van der Waals surface area contributed by atoms with Crippen molar-refractivity contribution in [2.45, 2.75) is 65.5 Å². The van der Waals surface area contributed by atoms with Gasteiger partial charge < -0.3 is 10.2 Å². The molecule has 0 bridgehead atoms. The number of rotatable bonds is 7. The van der Waals surface area contributed by atoms with Crippen molar-refractivity contribution in [1.82, 2.24) is 24.9 Å². The van der Waals surface area contributed by atoms with Gasteiger partial charge in [-0.3, -0.25) is 14.6 Å². The number of hydrogen-bond acceptors (Lipinski definition) is 3. The molecule has 7 heteroatoms. The van der Waals surface area contributed by atoms with Crippen LogP contribution in [0.3, 0.4) is 0 Å². The first-order valence-electron chi connectivity index (χ1n) is 10.2. The van der Waals surface area contributed by atoms with Crippen LogP contribution in [-0.2, 0) is 13.6 Å². The average Bonchev–Trinajstić information content (AvgIpc) is 2.99. The van der Waals surface area contributed by atoms with Gasteiger partial charge in [-0.25, -0.2) is 0 Å². The summed E-state index contributed by atoms with van der Waals surface area (Å²) in [6.45, 7) is 13.7. The number of nitrogens with one attached hydrogen (secondary N) is 1. The molecule has 0 spiro atoms. The Morgan fingerprint density at radius 1 is 1.37 bits per heavy atom. The molecule has 156 valence electrons. The molecule has 6 nitrogen and oxygen atoms in total. The number of piperidine rings is 1. The number of hydrogen-bond donors (Lipinski definition) is 1. The third kappa shape index (κ3) is 6.93. The van der Waals surface area contributed by atoms with Crippen LogP contribution in [0, 0.1) is 0 Å². The van der Waals surface area contributed by atoms with Gasteiger partial charge in [-0.05, 0) is 38.8 Å². The van der Waals surface area contributed by atoms with Crippen molar-refractivity contribution < 1.29 is 0 Å². The highest BCUT2D eigenvalue weighted by atomic mass is 127. The number of nitrogens with zero attached hydrogens (tertiary/aromatic N) is 5. The Morgan fingerprint density at radius 3 is 2.74 bits per heavy atom. The average molecular weight is 490 g/mol. The van der Waals surface area contributed by atoms with Gasteiger partial charge in [0.05, 0.1) is 12.2 Å². The van der Waals surface area contributed by atoms with Crippen LogP contribution in [0.15, 0.2) is 11.2 Å². The van der Waals surface area contributed by atoms with Gasteiger partial charge in [0.15, 0.2) is 5.96 Å². The van der Waals surface area contributed by atoms with Crippen molar-refractivity contribution in [2.24, 2.45) is 12.0 Å². The van der Waals surface area contributed by atoms with E-state index in [-0.39, 0.29) is 24.0 Å². The van der Waals surface area contributed by atoms with E-state index in [1.54, 1.807) is 0 Å². The number of aryl methyl sites for hydroxylation is 1. The van der Waals surface area contributed by atoms with Gasteiger partial charge in [0, 0.05) is 45.0 Å². The quantitative estimate of drug-likeness (QED) is 0.362. The van der Waals surface area contributed by atoms with E-state index < -0.39 is 0 Å². The largest absolute Gasteiger partial charge is 0.357 e. The number of aromatic nitrogens is 2. The maximum atomic E-state index is 4.98. The van der Waals surface area contributed by atoms with E-state index in [0.717, 1.165) is 32.1 Å². The van der Waals surface area contributed by atoms with Gasteiger partial charge in [0.25, 0.3) is 0 Å². The molecule has 1 N–H and O–H groups in total. The minimum absolute atomic E-state index is 0. The zero-order valence-corrected chi connectivity index (χ0v) is 20.4. The zero-order valence-electron chi connectivity index (χ0n) is 18.0. The van der Waals surface area contributed by atoms with Crippen molar-refractivity contribution in [1.29, 1.82) is 0 Å². The van der Waals surface area contributed by atoms with E-state index in [1.165, 1.54) is 37.1 Å². The van der Waals surface area contributed by atoms with E-state index in [2.05, 4.69) is 61.2 Å². The first-order valence-corrected chi connectivity index (χ1v) is 10.2. The van der Waals surface area contributed by atoms with Crippen molar-refractivity contribution in [3.8, 4) is 0 Å². The molecule has 1 saturated heterocycles. The molecule has 1 aliphatic rings. The highest BCUT2D eigenvalue weighted by Crippen LogP contribution is 2.19. The van der Waals surface area contributed by atoms with E-state index in [1.807, 2.05) is 11.7 Å². The lowest BCUT2D eigenvalue weighted by Crippen LogP contribution is -2.43. The Balaban J connectivity index is 0.00000364. The molecule has 1 atom stereocenters. The van der Waals surface area contributed by atoms with Crippen molar-refractivity contribution in [3.05, 3.63) is 17.5 Å². The summed E-state index contributed by atoms with van der Waals surface area (Å²) in [6, 6.07) is 0.584. The Hall–Kier alpha value is -0.830. The molecule has 1 aromatic rings. The van der Waals surface area contributed by atoms with Crippen molar-refractivity contribution >= 4 is 29.9 Å². The Kier molecular flexibility index (Phi) is 10.7. The van der Waals surface area contributed by atoms with Crippen LogP contribution in [0.4, 0.5) is 0 Å². The summed E-state index contributed by atoms with van der Waals surface area (Å²) in [5, 5.41) is 8.09. The lowest BCUT2D eigenvalue weighted by Gasteiger charge is -2.34. The van der Waals surface area contributed by atoms with Gasteiger partial charge in [-0.15, -0.1) is 24.0 Å². The lowest BCUT2D eigenvalue weighted by molar-refractivity contribution is 0.161. The fourth-order valence-electron chi connectivity index (χ4n) is 3.84. The molecule has 27 heavy (non-hydrogen) atoms. The zero-order chi connectivity index (χ0) is 19.1. The summed E-state index contributed by atoms with van der Waals surface area (Å²) in [4.78, 5) is 9.78. The molecular formula is C20H39IN6. The van der Waals surface area contributed by atoms with Crippen LogP contribution in [0.5, 0.6) is 0 Å². The summed E-state index contributed by atoms with van der Waals surface area (Å²) in [7, 11) is 4.12. The second-order valence-electron chi connectivity index (χ2n) is 7.70. The predicted octanol–water partition coefficient (Wildman–Crippen LogP) is 3.43. The molecule has 2 heterocycles. The maximum absolute atomic E-state index is 4.98. The summed E-state index contributed by atoms with van der Waals surface area (Å²) in [6.07, 6.45) is 6.05. The topological polar surface area (TPSA) is 48.7 Å². The third-order valence-electron chi connectivity index (χ3n) is 5.20. The van der Waals surface area contributed by atoms with Gasteiger partial charge in [0.1, 0.15) is 0 Å². The molecule has 0 saturated carbocycles. The lowest BCUT2D eigenvalue weighted by atomic mass is 10.0. The number of aliphatic imine (C=N–C) groups is 1. The van der Waals surface area contributed by atoms with Crippen molar-refractivity contribution in [2.75, 3.05) is 33.2 Å². The number of guanidine groups is 1. The molecule has 1 fully saturated rings. The molecule has 1 unspecified atom stereocenters. The van der Waals surface area contributed by atoms with Crippen LogP contribution < -0.4 is 5.32 Å². The highest BCUT2D eigenvalue weighted by Gasteiger charge is 2.21. The summed E-state index contributed by atoms with van der Waals surface area (Å²) in [5.74, 6) is 1.42. The molecule has 2 rings (SSSR count). The van der Waals surface area contributed by atoms with Crippen LogP contribution in [-0.4, -0.2) is 64.8 Å². The monoisotopic (exact) mass is 490 g/mol. The first-order chi connectivity index (χ1) is 12.5. The number of likely N-dealkylation sites (tertiary alicyclic amines) is 1. The summed E-state index contributed by atoms with van der Waals surface area (Å²) < 4.78 is 1.92. The normalized spacial score (nSPS) is 18.5. The minimum atomic E-state index is 0. The number of likely N-dealkylation sites (N-methyl/N-ethyl adjacent to an activating group) is 1. The number of halogens is 1. The van der Waals surface area contributed by atoms with E-state index in [4.69, 9.17) is 4.99 Å². The third-order valence-corrected chi connectivity index (χ3v) is 5.20. The predicted molar refractivity (Wildman–Crippen MR) is 125 cm³/mol. The van der Waals surface area contributed by atoms with Gasteiger partial charge >= 0.3 is 0 Å². The summed E-state index contributed by atoms with van der Waals surface area (Å²) in [5.41, 5.74) is 2.46. The molecule has 0 aliphatic carbocycles. The van der Waals surface area contributed by atoms with Crippen LogP contribution in [0.1, 0.15) is 64.1 Å². The van der Waals surface area contributed by atoms with Gasteiger partial charge in [-0.2, -0.15) is 5.10 Å². The standard InChI is InChI=1S/C20H38N6.HI/c1-7-21-20(22-13-18-11-9-10-12-26(18)8-2)24(5)14-17-15-25(6)23-19(17)16(3)4;/h15-16,18H,7-14H2,1-6H3,(H,21,22);1H. The molecular weight excluding hydrogens is 451 g/mol. The Labute approximate surface area is 182 Å². The van der Waals surface area contributed by atoms with Crippen LogP contribution in [0.2, 0.25) is 0 Å². The van der Waals surface area contributed by atoms with Gasteiger partial charge in [0.2, 0.25) is 0 Å². The van der Waals surface area contributed by atoms with E-state index in [9.17, 15) is 0 Å². The smallest absolute Gasteiger partial charge is 0.194 e. The first kappa shape index (κ1) is 24.2. The second-order valence-corrected chi connectivity index (χ2v) is 7.70. The molecule has 0 radical (unpaired) electrons. The van der Waals surface area contributed by atoms with E-state index >= 15 is 0 Å². The summed E-state index contributed by atoms with van der Waals surface area (Å²) >= 11 is 0. The van der Waals surface area contributed by atoms with Gasteiger partial charge in [-0.1, -0.05) is 27.2 Å². The van der Waals surface area contributed by atoms with E-state index in [0.29, 0.717) is 12.0 Å². The Morgan fingerprint density at radius 2 is 2.11 bits per heavy atom. The fourth-order valence-corrected chi connectivity index (χ4v) is 3.84. The fraction of sp³-hybridized carbons (Fsp3) is 0.800. The maximum Gasteiger partial charge on any atom is 0.194 e. The van der Waals surface area contributed by atoms with Crippen LogP contribution >= 0.6 is 24.0 Å².